The number of carbonyl (C=O) groups is 2. The van der Waals surface area contributed by atoms with Crippen molar-refractivity contribution in [3.05, 3.63) is 46.8 Å². The van der Waals surface area contributed by atoms with Gasteiger partial charge in [0.2, 0.25) is 5.91 Å². The smallest absolute Gasteiger partial charge is 0.251 e. The van der Waals surface area contributed by atoms with Crippen LogP contribution in [0.4, 0.5) is 14.5 Å². The maximum absolute atomic E-state index is 13.1. The van der Waals surface area contributed by atoms with Crippen LogP contribution in [0.3, 0.4) is 0 Å². The third-order valence-electron chi connectivity index (χ3n) is 3.36. The third-order valence-corrected chi connectivity index (χ3v) is 3.36. The molecule has 2 N–H and O–H groups in total. The molecule has 23 heavy (non-hydrogen) atoms. The summed E-state index contributed by atoms with van der Waals surface area (Å²) in [4.78, 5) is 23.7. The van der Waals surface area contributed by atoms with Gasteiger partial charge in [0.25, 0.3) is 5.91 Å². The van der Waals surface area contributed by atoms with Gasteiger partial charge in [0.05, 0.1) is 23.6 Å². The lowest BCUT2D eigenvalue weighted by atomic mass is 10.2. The molecule has 0 saturated carbocycles. The number of hydrogen-bond donors (Lipinski definition) is 2. The first-order valence-electron chi connectivity index (χ1n) is 6.83. The van der Waals surface area contributed by atoms with E-state index in [1.165, 1.54) is 0 Å². The fraction of sp³-hybridized carbons (Fsp3) is 0.267. The maximum atomic E-state index is 13.1. The van der Waals surface area contributed by atoms with Gasteiger partial charge in [-0.2, -0.15) is 5.10 Å². The molecule has 0 spiro atoms. The Balaban J connectivity index is 1.96. The van der Waals surface area contributed by atoms with Crippen LogP contribution in [0.5, 0.6) is 0 Å². The SMILES string of the molecule is Cc1nn(C)c(C)c1NC(=O)CNC(=O)c1ccc(F)c(F)c1. The topological polar surface area (TPSA) is 76.0 Å². The van der Waals surface area contributed by atoms with Crippen molar-refractivity contribution in [1.82, 2.24) is 15.1 Å². The summed E-state index contributed by atoms with van der Waals surface area (Å²) in [5, 5.41) is 9.16. The van der Waals surface area contributed by atoms with Crippen LogP contribution < -0.4 is 10.6 Å². The van der Waals surface area contributed by atoms with Crippen molar-refractivity contribution in [2.24, 2.45) is 7.05 Å². The van der Waals surface area contributed by atoms with E-state index in [1.807, 2.05) is 0 Å². The van der Waals surface area contributed by atoms with Crippen LogP contribution in [-0.2, 0) is 11.8 Å². The molecule has 122 valence electrons. The Hall–Kier alpha value is -2.77. The summed E-state index contributed by atoms with van der Waals surface area (Å²) >= 11 is 0. The van der Waals surface area contributed by atoms with Crippen molar-refractivity contribution in [3.63, 3.8) is 0 Å². The van der Waals surface area contributed by atoms with Crippen LogP contribution in [0, 0.1) is 25.5 Å². The Morgan fingerprint density at radius 2 is 1.91 bits per heavy atom. The van der Waals surface area contributed by atoms with Crippen molar-refractivity contribution in [1.29, 1.82) is 0 Å². The molecule has 0 radical (unpaired) electrons. The molecule has 8 heteroatoms. The highest BCUT2D eigenvalue weighted by Gasteiger charge is 2.14. The van der Waals surface area contributed by atoms with Crippen LogP contribution in [0.2, 0.25) is 0 Å². The monoisotopic (exact) mass is 322 g/mol. The average Bonchev–Trinajstić information content (AvgIpc) is 2.74. The second kappa shape index (κ2) is 6.55. The Bertz CT molecular complexity index is 771. The number of nitrogens with zero attached hydrogens (tertiary/aromatic N) is 2. The summed E-state index contributed by atoms with van der Waals surface area (Å²) in [6.45, 7) is 3.25. The van der Waals surface area contributed by atoms with E-state index >= 15 is 0 Å². The molecule has 2 aromatic rings. The van der Waals surface area contributed by atoms with E-state index in [9.17, 15) is 18.4 Å². The van der Waals surface area contributed by atoms with Gasteiger partial charge in [0.15, 0.2) is 11.6 Å². The molecule has 0 fully saturated rings. The second-order valence-electron chi connectivity index (χ2n) is 5.03. The summed E-state index contributed by atoms with van der Waals surface area (Å²) in [6.07, 6.45) is 0. The zero-order chi connectivity index (χ0) is 17.1. The molecule has 2 rings (SSSR count). The van der Waals surface area contributed by atoms with E-state index < -0.39 is 23.4 Å². The molecule has 0 bridgehead atoms. The first-order chi connectivity index (χ1) is 10.8. The predicted molar refractivity (Wildman–Crippen MR) is 80.0 cm³/mol. The predicted octanol–water partition coefficient (Wildman–Crippen LogP) is 1.68. The normalized spacial score (nSPS) is 10.5. The first kappa shape index (κ1) is 16.6. The minimum Gasteiger partial charge on any atom is -0.343 e. The molecule has 1 aromatic heterocycles. The summed E-state index contributed by atoms with van der Waals surface area (Å²) in [5.74, 6) is -3.27. The first-order valence-corrected chi connectivity index (χ1v) is 6.83. The van der Waals surface area contributed by atoms with Crippen molar-refractivity contribution in [3.8, 4) is 0 Å². The lowest BCUT2D eigenvalue weighted by Gasteiger charge is -2.07. The quantitative estimate of drug-likeness (QED) is 0.899. The number of carbonyl (C=O) groups excluding carboxylic acids is 2. The van der Waals surface area contributed by atoms with Gasteiger partial charge in [0.1, 0.15) is 0 Å². The van der Waals surface area contributed by atoms with E-state index in [0.717, 1.165) is 23.9 Å². The highest BCUT2D eigenvalue weighted by Crippen LogP contribution is 2.17. The molecule has 0 aliphatic rings. The number of rotatable bonds is 4. The molecule has 0 aliphatic heterocycles. The van der Waals surface area contributed by atoms with Gasteiger partial charge < -0.3 is 10.6 Å². The fourth-order valence-electron chi connectivity index (χ4n) is 2.04. The van der Waals surface area contributed by atoms with Crippen LogP contribution in [0.25, 0.3) is 0 Å². The second-order valence-corrected chi connectivity index (χ2v) is 5.03. The highest BCUT2D eigenvalue weighted by atomic mass is 19.2. The van der Waals surface area contributed by atoms with E-state index in [1.54, 1.807) is 25.6 Å². The number of amides is 2. The van der Waals surface area contributed by atoms with Gasteiger partial charge in [0, 0.05) is 12.6 Å². The Morgan fingerprint density at radius 1 is 1.22 bits per heavy atom. The number of nitrogens with one attached hydrogen (secondary N) is 2. The molecule has 0 atom stereocenters. The molecular weight excluding hydrogens is 306 g/mol. The lowest BCUT2D eigenvalue weighted by molar-refractivity contribution is -0.115. The van der Waals surface area contributed by atoms with Crippen LogP contribution >= 0.6 is 0 Å². The Labute approximate surface area is 131 Å². The van der Waals surface area contributed by atoms with Crippen molar-refractivity contribution >= 4 is 17.5 Å². The molecule has 0 unspecified atom stereocenters. The van der Waals surface area contributed by atoms with E-state index in [2.05, 4.69) is 15.7 Å². The molecule has 1 heterocycles. The summed E-state index contributed by atoms with van der Waals surface area (Å²) in [5.41, 5.74) is 1.96. The number of aromatic nitrogens is 2. The number of benzene rings is 1. The number of halogens is 2. The fourth-order valence-corrected chi connectivity index (χ4v) is 2.04. The minimum atomic E-state index is -1.12. The maximum Gasteiger partial charge on any atom is 0.251 e. The molecule has 0 saturated heterocycles. The van der Waals surface area contributed by atoms with Gasteiger partial charge >= 0.3 is 0 Å². The Kier molecular flexibility index (Phi) is 4.73. The van der Waals surface area contributed by atoms with E-state index in [4.69, 9.17) is 0 Å². The largest absolute Gasteiger partial charge is 0.343 e. The molecule has 6 nitrogen and oxygen atoms in total. The van der Waals surface area contributed by atoms with Gasteiger partial charge in [-0.1, -0.05) is 0 Å². The zero-order valence-electron chi connectivity index (χ0n) is 12.9. The molecule has 2 amide bonds. The van der Waals surface area contributed by atoms with Gasteiger partial charge in [-0.15, -0.1) is 0 Å². The van der Waals surface area contributed by atoms with E-state index in [0.29, 0.717) is 11.4 Å². The summed E-state index contributed by atoms with van der Waals surface area (Å²) in [6, 6.07) is 2.77. The highest BCUT2D eigenvalue weighted by molar-refractivity contribution is 5.99. The minimum absolute atomic E-state index is 0.0644. The number of hydrogen-bond acceptors (Lipinski definition) is 3. The van der Waals surface area contributed by atoms with Crippen LogP contribution in [0.15, 0.2) is 18.2 Å². The van der Waals surface area contributed by atoms with Gasteiger partial charge in [-0.25, -0.2) is 8.78 Å². The average molecular weight is 322 g/mol. The van der Waals surface area contributed by atoms with Crippen LogP contribution in [0.1, 0.15) is 21.7 Å². The van der Waals surface area contributed by atoms with Gasteiger partial charge in [-0.05, 0) is 32.0 Å². The zero-order valence-corrected chi connectivity index (χ0v) is 12.9. The standard InChI is InChI=1S/C15H16F2N4O2/c1-8-14(9(2)21(3)20-8)19-13(22)7-18-15(23)10-4-5-11(16)12(17)6-10/h4-6H,7H2,1-3H3,(H,18,23)(H,19,22). The van der Waals surface area contributed by atoms with Crippen molar-refractivity contribution in [2.45, 2.75) is 13.8 Å². The lowest BCUT2D eigenvalue weighted by Crippen LogP contribution is -2.33. The molecule has 1 aromatic carbocycles. The van der Waals surface area contributed by atoms with Gasteiger partial charge in [-0.3, -0.25) is 14.3 Å². The van der Waals surface area contributed by atoms with Crippen LogP contribution in [-0.4, -0.2) is 28.1 Å². The molecule has 0 aliphatic carbocycles. The Morgan fingerprint density at radius 3 is 2.48 bits per heavy atom. The summed E-state index contributed by atoms with van der Waals surface area (Å²) < 4.78 is 27.5. The number of anilines is 1. The summed E-state index contributed by atoms with van der Waals surface area (Å²) in [7, 11) is 1.75. The third kappa shape index (κ3) is 3.71. The van der Waals surface area contributed by atoms with Crippen molar-refractivity contribution in [2.75, 3.05) is 11.9 Å². The molecular formula is C15H16F2N4O2. The van der Waals surface area contributed by atoms with Crippen molar-refractivity contribution < 1.29 is 18.4 Å². The van der Waals surface area contributed by atoms with E-state index in [-0.39, 0.29) is 12.1 Å². The number of aryl methyl sites for hydroxylation is 2.